The normalized spacial score (nSPS) is 29.8. The minimum absolute atomic E-state index is 0.725. The molecule has 0 heterocycles. The molecular weight excluding hydrogens is 314 g/mol. The fourth-order valence-electron chi connectivity index (χ4n) is 5.08. The maximum absolute atomic E-state index is 8.53. The number of benzene rings is 1. The topological polar surface area (TPSA) is 23.8 Å². The zero-order valence-electron chi connectivity index (χ0n) is 16.2. The first kappa shape index (κ1) is 19.0. The molecule has 1 nitrogen and oxygen atoms in total. The number of nitrogens with zero attached hydrogens (tertiary/aromatic N) is 1. The van der Waals surface area contributed by atoms with E-state index < -0.39 is 0 Å². The van der Waals surface area contributed by atoms with Gasteiger partial charge in [0.15, 0.2) is 0 Å². The van der Waals surface area contributed by atoms with Gasteiger partial charge in [-0.15, -0.1) is 0 Å². The van der Waals surface area contributed by atoms with E-state index in [0.717, 1.165) is 30.1 Å². The van der Waals surface area contributed by atoms with Crippen molar-refractivity contribution >= 4 is 0 Å². The zero-order chi connectivity index (χ0) is 18.2. The number of hydrogen-bond donors (Lipinski definition) is 0. The van der Waals surface area contributed by atoms with E-state index in [4.69, 9.17) is 5.26 Å². The first-order valence-corrected chi connectivity index (χ1v) is 10.6. The van der Waals surface area contributed by atoms with Gasteiger partial charge in [0.2, 0.25) is 0 Å². The molecule has 2 fully saturated rings. The zero-order valence-corrected chi connectivity index (χ0v) is 16.2. The van der Waals surface area contributed by atoms with Crippen LogP contribution in [0.4, 0.5) is 0 Å². The van der Waals surface area contributed by atoms with E-state index in [-0.39, 0.29) is 0 Å². The predicted octanol–water partition coefficient (Wildman–Crippen LogP) is 6.97. The Hall–Kier alpha value is -1.81. The Kier molecular flexibility index (Phi) is 7.13. The van der Waals surface area contributed by atoms with E-state index in [9.17, 15) is 0 Å². The van der Waals surface area contributed by atoms with Gasteiger partial charge in [0.1, 0.15) is 0 Å². The molecule has 2 aliphatic rings. The van der Waals surface area contributed by atoms with E-state index in [1.165, 1.54) is 56.9 Å². The molecule has 26 heavy (non-hydrogen) atoms. The first-order valence-electron chi connectivity index (χ1n) is 10.6. The Bertz CT molecular complexity index is 630. The summed E-state index contributed by atoms with van der Waals surface area (Å²) in [4.78, 5) is 0. The van der Waals surface area contributed by atoms with Crippen molar-refractivity contribution < 1.29 is 0 Å². The van der Waals surface area contributed by atoms with Crippen LogP contribution in [0, 0.1) is 29.1 Å². The molecular formula is C25H33N. The fourth-order valence-corrected chi connectivity index (χ4v) is 5.08. The highest BCUT2D eigenvalue weighted by molar-refractivity contribution is 5.25. The molecule has 0 aromatic heterocycles. The van der Waals surface area contributed by atoms with Gasteiger partial charge in [0, 0.05) is 6.08 Å². The van der Waals surface area contributed by atoms with Gasteiger partial charge in [-0.05, 0) is 92.6 Å². The van der Waals surface area contributed by atoms with Crippen LogP contribution in [0.1, 0.15) is 75.3 Å². The second kappa shape index (κ2) is 9.77. The van der Waals surface area contributed by atoms with Crippen LogP contribution in [0.5, 0.6) is 0 Å². The summed E-state index contributed by atoms with van der Waals surface area (Å²) in [6.07, 6.45) is 20.0. The summed E-state index contributed by atoms with van der Waals surface area (Å²) in [7, 11) is 0. The van der Waals surface area contributed by atoms with Crippen LogP contribution in [0.3, 0.4) is 0 Å². The van der Waals surface area contributed by atoms with Crippen LogP contribution >= 0.6 is 0 Å². The van der Waals surface area contributed by atoms with Gasteiger partial charge in [0.05, 0.1) is 6.07 Å². The van der Waals surface area contributed by atoms with Gasteiger partial charge in [-0.3, -0.25) is 0 Å². The third kappa shape index (κ3) is 5.10. The highest BCUT2D eigenvalue weighted by Gasteiger charge is 2.30. The summed E-state index contributed by atoms with van der Waals surface area (Å²) in [6.45, 7) is 2.23. The lowest BCUT2D eigenvalue weighted by molar-refractivity contribution is 0.171. The molecule has 1 heteroatoms. The van der Waals surface area contributed by atoms with Gasteiger partial charge in [-0.25, -0.2) is 0 Å². The maximum Gasteiger partial charge on any atom is 0.0912 e. The van der Waals surface area contributed by atoms with Gasteiger partial charge >= 0.3 is 0 Å². The number of rotatable bonds is 5. The van der Waals surface area contributed by atoms with E-state index >= 15 is 0 Å². The van der Waals surface area contributed by atoms with Gasteiger partial charge < -0.3 is 0 Å². The molecule has 0 amide bonds. The van der Waals surface area contributed by atoms with E-state index in [0.29, 0.717) is 0 Å². The number of allylic oxidation sites excluding steroid dienone is 4. The Labute approximate surface area is 159 Å². The predicted molar refractivity (Wildman–Crippen MR) is 110 cm³/mol. The fraction of sp³-hybridized carbons (Fsp3) is 0.560. The molecule has 0 N–H and O–H groups in total. The molecule has 1 aromatic carbocycles. The van der Waals surface area contributed by atoms with Crippen LogP contribution in [0.2, 0.25) is 0 Å². The molecule has 3 rings (SSSR count). The SMILES string of the molecule is CCc1ccc(C2CCC(C3CCC(C=CC=CC#N)CC3)CC2)cc1. The third-order valence-corrected chi connectivity index (χ3v) is 6.78. The molecule has 0 saturated heterocycles. The molecule has 0 bridgehead atoms. The minimum atomic E-state index is 0.725. The largest absolute Gasteiger partial charge is 0.193 e. The van der Waals surface area contributed by atoms with Crippen molar-refractivity contribution in [2.24, 2.45) is 17.8 Å². The monoisotopic (exact) mass is 347 g/mol. The van der Waals surface area contributed by atoms with Crippen LogP contribution in [0.25, 0.3) is 0 Å². The van der Waals surface area contributed by atoms with Crippen molar-refractivity contribution in [2.75, 3.05) is 0 Å². The van der Waals surface area contributed by atoms with Crippen molar-refractivity contribution in [3.8, 4) is 6.07 Å². The smallest absolute Gasteiger partial charge is 0.0912 e. The summed E-state index contributed by atoms with van der Waals surface area (Å²) in [6, 6.07) is 11.4. The van der Waals surface area contributed by atoms with Crippen molar-refractivity contribution in [1.82, 2.24) is 0 Å². The molecule has 0 atom stereocenters. The molecule has 1 aromatic rings. The van der Waals surface area contributed by atoms with Crippen LogP contribution in [0.15, 0.2) is 48.6 Å². The Balaban J connectivity index is 1.43. The Morgan fingerprint density at radius 3 is 2.08 bits per heavy atom. The standard InChI is InChI=1S/C25H33N/c1-2-20-7-11-22(12-8-20)24-15-17-25(18-16-24)23-13-9-21(10-14-23)6-4-3-5-19-26/h3-8,11-12,21,23-25H,2,9-10,13-18H2,1H3. The van der Waals surface area contributed by atoms with E-state index in [1.54, 1.807) is 11.6 Å². The summed E-state index contributed by atoms with van der Waals surface area (Å²) >= 11 is 0. The third-order valence-electron chi connectivity index (χ3n) is 6.78. The maximum atomic E-state index is 8.53. The highest BCUT2D eigenvalue weighted by atomic mass is 14.4. The van der Waals surface area contributed by atoms with Crippen molar-refractivity contribution in [2.45, 2.75) is 70.6 Å². The van der Waals surface area contributed by atoms with Crippen molar-refractivity contribution in [3.05, 3.63) is 59.7 Å². The molecule has 0 spiro atoms. The highest BCUT2D eigenvalue weighted by Crippen LogP contribution is 2.44. The van der Waals surface area contributed by atoms with E-state index in [1.807, 2.05) is 12.1 Å². The average molecular weight is 348 g/mol. The molecule has 0 unspecified atom stereocenters. The van der Waals surface area contributed by atoms with Gasteiger partial charge in [-0.1, -0.05) is 49.4 Å². The lowest BCUT2D eigenvalue weighted by Gasteiger charge is -2.37. The number of aryl methyl sites for hydroxylation is 1. The Morgan fingerprint density at radius 2 is 1.50 bits per heavy atom. The number of nitriles is 1. The van der Waals surface area contributed by atoms with Crippen LogP contribution < -0.4 is 0 Å². The lowest BCUT2D eigenvalue weighted by atomic mass is 9.68. The molecule has 2 aliphatic carbocycles. The quantitative estimate of drug-likeness (QED) is 0.417. The van der Waals surface area contributed by atoms with Crippen LogP contribution in [-0.2, 0) is 6.42 Å². The second-order valence-electron chi connectivity index (χ2n) is 8.25. The number of hydrogen-bond acceptors (Lipinski definition) is 1. The summed E-state index contributed by atoms with van der Waals surface area (Å²) in [5, 5.41) is 8.53. The molecule has 0 radical (unpaired) electrons. The minimum Gasteiger partial charge on any atom is -0.193 e. The van der Waals surface area contributed by atoms with Gasteiger partial charge in [0.25, 0.3) is 0 Å². The summed E-state index contributed by atoms with van der Waals surface area (Å²) < 4.78 is 0. The summed E-state index contributed by atoms with van der Waals surface area (Å²) in [5.74, 6) is 3.44. The van der Waals surface area contributed by atoms with Crippen LogP contribution in [-0.4, -0.2) is 0 Å². The van der Waals surface area contributed by atoms with Crippen molar-refractivity contribution in [3.63, 3.8) is 0 Å². The average Bonchev–Trinajstić information content (AvgIpc) is 2.72. The lowest BCUT2D eigenvalue weighted by Crippen LogP contribution is -2.25. The van der Waals surface area contributed by atoms with Gasteiger partial charge in [-0.2, -0.15) is 5.26 Å². The first-order chi connectivity index (χ1) is 12.8. The van der Waals surface area contributed by atoms with E-state index in [2.05, 4.69) is 43.3 Å². The molecule has 2 saturated carbocycles. The molecule has 138 valence electrons. The summed E-state index contributed by atoms with van der Waals surface area (Å²) in [5.41, 5.74) is 3.02. The second-order valence-corrected chi connectivity index (χ2v) is 8.25. The van der Waals surface area contributed by atoms with Crippen molar-refractivity contribution in [1.29, 1.82) is 5.26 Å². The Morgan fingerprint density at radius 1 is 0.885 bits per heavy atom. The molecule has 0 aliphatic heterocycles.